The highest BCUT2D eigenvalue weighted by atomic mass is 32.2. The Bertz CT molecular complexity index is 861. The number of benzene rings is 2. The van der Waals surface area contributed by atoms with E-state index >= 15 is 0 Å². The number of aromatic nitrogens is 2. The minimum Gasteiger partial charge on any atom is -0.407 e. The van der Waals surface area contributed by atoms with Crippen molar-refractivity contribution >= 4 is 35.4 Å². The fourth-order valence-electron chi connectivity index (χ4n) is 2.33. The Morgan fingerprint density at radius 1 is 1.04 bits per heavy atom. The molecule has 0 aliphatic heterocycles. The molecule has 0 fully saturated rings. The Morgan fingerprint density at radius 3 is 2.38 bits per heavy atom. The minimum atomic E-state index is -0.270. The van der Waals surface area contributed by atoms with E-state index in [4.69, 9.17) is 4.42 Å². The van der Waals surface area contributed by atoms with Gasteiger partial charge < -0.3 is 4.42 Å². The Hall–Kier alpha value is -2.25. The number of amides is 1. The lowest BCUT2D eigenvalue weighted by Crippen LogP contribution is -2.11. The third-order valence-electron chi connectivity index (χ3n) is 3.63. The quantitative estimate of drug-likeness (QED) is 0.592. The van der Waals surface area contributed by atoms with Gasteiger partial charge in [0.15, 0.2) is 0 Å². The first-order chi connectivity index (χ1) is 12.7. The van der Waals surface area contributed by atoms with Crippen LogP contribution >= 0.6 is 23.5 Å². The van der Waals surface area contributed by atoms with Crippen LogP contribution in [0.25, 0.3) is 0 Å². The van der Waals surface area contributed by atoms with Gasteiger partial charge in [0.25, 0.3) is 5.91 Å². The second kappa shape index (κ2) is 8.91. The molecular weight excluding hydrogens is 366 g/mol. The highest BCUT2D eigenvalue weighted by molar-refractivity contribution is 7.99. The maximum Gasteiger partial charge on any atom is 0.322 e. The van der Waals surface area contributed by atoms with E-state index in [0.29, 0.717) is 17.9 Å². The predicted octanol–water partition coefficient (Wildman–Crippen LogP) is 4.75. The lowest BCUT2D eigenvalue weighted by Gasteiger charge is -2.02. The number of hydrogen-bond donors (Lipinski definition) is 1. The zero-order valence-corrected chi connectivity index (χ0v) is 16.2. The molecule has 5 nitrogen and oxygen atoms in total. The van der Waals surface area contributed by atoms with Crippen molar-refractivity contribution in [2.75, 3.05) is 17.3 Å². The van der Waals surface area contributed by atoms with Crippen LogP contribution in [0.4, 0.5) is 6.01 Å². The van der Waals surface area contributed by atoms with Crippen LogP contribution in [0.3, 0.4) is 0 Å². The summed E-state index contributed by atoms with van der Waals surface area (Å²) in [5.41, 5.74) is 1.63. The zero-order chi connectivity index (χ0) is 18.4. The number of nitrogens with zero attached hydrogens (tertiary/aromatic N) is 2. The molecule has 0 unspecified atom stereocenters. The number of anilines is 1. The van der Waals surface area contributed by atoms with E-state index in [-0.39, 0.29) is 11.9 Å². The van der Waals surface area contributed by atoms with Gasteiger partial charge in [-0.15, -0.1) is 28.6 Å². The van der Waals surface area contributed by atoms with Gasteiger partial charge in [-0.1, -0.05) is 24.2 Å². The molecule has 3 aromatic rings. The van der Waals surface area contributed by atoms with Crippen molar-refractivity contribution in [1.29, 1.82) is 0 Å². The summed E-state index contributed by atoms with van der Waals surface area (Å²) in [7, 11) is 0. The minimum absolute atomic E-state index is 0.108. The number of nitrogens with one attached hydrogen (secondary N) is 1. The summed E-state index contributed by atoms with van der Waals surface area (Å²) in [6.45, 7) is 2.13. The fraction of sp³-hybridized carbons (Fsp3) is 0.211. The molecule has 2 aromatic carbocycles. The molecule has 0 aliphatic rings. The molecule has 0 saturated carbocycles. The molecule has 26 heavy (non-hydrogen) atoms. The van der Waals surface area contributed by atoms with Crippen molar-refractivity contribution < 1.29 is 9.21 Å². The number of carbonyl (C=O) groups excluding carboxylic acids is 1. The lowest BCUT2D eigenvalue weighted by atomic mass is 10.1. The Labute approximate surface area is 161 Å². The van der Waals surface area contributed by atoms with Gasteiger partial charge in [0, 0.05) is 15.4 Å². The molecule has 0 saturated heterocycles. The van der Waals surface area contributed by atoms with Crippen LogP contribution in [0.5, 0.6) is 0 Å². The molecule has 0 aliphatic carbocycles. The molecule has 134 valence electrons. The molecule has 0 spiro atoms. The van der Waals surface area contributed by atoms with Gasteiger partial charge in [-0.2, -0.15) is 0 Å². The molecule has 1 aromatic heterocycles. The average Bonchev–Trinajstić information content (AvgIpc) is 3.10. The van der Waals surface area contributed by atoms with E-state index in [1.165, 1.54) is 4.90 Å². The monoisotopic (exact) mass is 385 g/mol. The van der Waals surface area contributed by atoms with Crippen molar-refractivity contribution in [3.05, 3.63) is 65.5 Å². The van der Waals surface area contributed by atoms with Crippen molar-refractivity contribution in [3.63, 3.8) is 0 Å². The normalized spacial score (nSPS) is 10.7. The number of rotatable bonds is 7. The smallest absolute Gasteiger partial charge is 0.322 e. The van der Waals surface area contributed by atoms with Crippen LogP contribution in [-0.2, 0) is 6.42 Å². The summed E-state index contributed by atoms with van der Waals surface area (Å²) in [6, 6.07) is 15.7. The summed E-state index contributed by atoms with van der Waals surface area (Å²) >= 11 is 3.43. The Morgan fingerprint density at radius 2 is 1.73 bits per heavy atom. The van der Waals surface area contributed by atoms with Crippen LogP contribution < -0.4 is 5.32 Å². The highest BCUT2D eigenvalue weighted by Gasteiger charge is 2.12. The van der Waals surface area contributed by atoms with E-state index in [9.17, 15) is 4.79 Å². The molecule has 0 bridgehead atoms. The molecule has 3 rings (SSSR count). The van der Waals surface area contributed by atoms with Gasteiger partial charge in [-0.25, -0.2) is 0 Å². The average molecular weight is 386 g/mol. The van der Waals surface area contributed by atoms with Gasteiger partial charge >= 0.3 is 6.01 Å². The van der Waals surface area contributed by atoms with Crippen LogP contribution in [-0.4, -0.2) is 28.1 Å². The van der Waals surface area contributed by atoms with E-state index in [2.05, 4.69) is 34.6 Å². The molecule has 1 N–H and O–H groups in total. The van der Waals surface area contributed by atoms with Crippen LogP contribution in [0.2, 0.25) is 0 Å². The SMILES string of the molecule is CCSc1ccc(Cc2nnc(NC(=O)c3ccc(SC)cc3)o2)cc1. The van der Waals surface area contributed by atoms with Crippen molar-refractivity contribution in [2.24, 2.45) is 0 Å². The lowest BCUT2D eigenvalue weighted by molar-refractivity contribution is 0.102. The predicted molar refractivity (Wildman–Crippen MR) is 106 cm³/mol. The molecule has 0 radical (unpaired) electrons. The number of thioether (sulfide) groups is 2. The van der Waals surface area contributed by atoms with Gasteiger partial charge in [-0.05, 0) is 54.0 Å². The highest BCUT2D eigenvalue weighted by Crippen LogP contribution is 2.20. The van der Waals surface area contributed by atoms with E-state index in [0.717, 1.165) is 16.2 Å². The summed E-state index contributed by atoms with van der Waals surface area (Å²) < 4.78 is 5.54. The summed E-state index contributed by atoms with van der Waals surface area (Å²) in [5, 5.41) is 10.5. The van der Waals surface area contributed by atoms with Crippen molar-refractivity contribution in [2.45, 2.75) is 23.1 Å². The maximum absolute atomic E-state index is 12.2. The topological polar surface area (TPSA) is 68.0 Å². The third kappa shape index (κ3) is 4.89. The molecule has 7 heteroatoms. The number of carbonyl (C=O) groups is 1. The maximum atomic E-state index is 12.2. The van der Waals surface area contributed by atoms with Crippen LogP contribution in [0.1, 0.15) is 28.7 Å². The molecule has 1 heterocycles. The summed E-state index contributed by atoms with van der Waals surface area (Å²) in [6.07, 6.45) is 2.52. The molecular formula is C19H19N3O2S2. The van der Waals surface area contributed by atoms with Crippen LogP contribution in [0.15, 0.2) is 62.7 Å². The van der Waals surface area contributed by atoms with Gasteiger partial charge in [0.1, 0.15) is 0 Å². The largest absolute Gasteiger partial charge is 0.407 e. The van der Waals surface area contributed by atoms with E-state index < -0.39 is 0 Å². The first kappa shape index (κ1) is 18.5. The molecule has 0 atom stereocenters. The fourth-order valence-corrected chi connectivity index (χ4v) is 3.40. The van der Waals surface area contributed by atoms with Gasteiger partial charge in [0.2, 0.25) is 5.89 Å². The first-order valence-electron chi connectivity index (χ1n) is 8.17. The van der Waals surface area contributed by atoms with Crippen molar-refractivity contribution in [3.8, 4) is 0 Å². The Balaban J connectivity index is 1.60. The second-order valence-corrected chi connectivity index (χ2v) is 7.65. The van der Waals surface area contributed by atoms with Gasteiger partial charge in [0.05, 0.1) is 6.42 Å². The van der Waals surface area contributed by atoms with Gasteiger partial charge in [-0.3, -0.25) is 10.1 Å². The van der Waals surface area contributed by atoms with Crippen molar-refractivity contribution in [1.82, 2.24) is 10.2 Å². The Kier molecular flexibility index (Phi) is 6.35. The number of hydrogen-bond acceptors (Lipinski definition) is 6. The molecule has 1 amide bonds. The second-order valence-electron chi connectivity index (χ2n) is 5.44. The third-order valence-corrected chi connectivity index (χ3v) is 5.27. The van der Waals surface area contributed by atoms with Crippen LogP contribution in [0, 0.1) is 0 Å². The summed E-state index contributed by atoms with van der Waals surface area (Å²) in [4.78, 5) is 14.6. The van der Waals surface area contributed by atoms with E-state index in [1.807, 2.05) is 30.5 Å². The summed E-state index contributed by atoms with van der Waals surface area (Å²) in [5.74, 6) is 1.24. The van der Waals surface area contributed by atoms with E-state index in [1.54, 1.807) is 35.7 Å². The zero-order valence-electron chi connectivity index (χ0n) is 14.6. The first-order valence-corrected chi connectivity index (χ1v) is 10.4. The standard InChI is InChI=1S/C19H19N3O2S2/c1-3-26-16-8-4-13(5-9-16)12-17-21-22-19(24-17)20-18(23)14-6-10-15(25-2)11-7-14/h4-11H,3,12H2,1-2H3,(H,20,22,23).